The van der Waals surface area contributed by atoms with Gasteiger partial charge in [-0.05, 0) is 36.2 Å². The summed E-state index contributed by atoms with van der Waals surface area (Å²) in [6.45, 7) is 5.97. The number of aliphatic hydroxyl groups excluding tert-OH is 1. The maximum absolute atomic E-state index is 13.5. The molecule has 3 rings (SSSR count). The molecule has 0 aliphatic carbocycles. The van der Waals surface area contributed by atoms with Gasteiger partial charge in [0.1, 0.15) is 11.5 Å². The summed E-state index contributed by atoms with van der Waals surface area (Å²) in [5, 5.41) is 9.42. The molecule has 0 spiro atoms. The highest BCUT2D eigenvalue weighted by Crippen LogP contribution is 2.20. The molecule has 0 bridgehead atoms. The molecule has 0 amide bonds. The Balaban J connectivity index is 1.62. The molecule has 2 aromatic rings. The Bertz CT molecular complexity index is 720. The molecule has 1 N–H and O–H groups in total. The predicted octanol–water partition coefficient (Wildman–Crippen LogP) is 3.19. The normalized spacial score (nSPS) is 19.2. The number of aryl methyl sites for hydroxylation is 1. The van der Waals surface area contributed by atoms with E-state index in [2.05, 4.69) is 16.7 Å². The van der Waals surface area contributed by atoms with E-state index in [0.717, 1.165) is 49.7 Å². The molecule has 1 aliphatic rings. The molecule has 142 valence electrons. The summed E-state index contributed by atoms with van der Waals surface area (Å²) in [5.41, 5.74) is 0.749. The number of hydrogen-bond acceptors (Lipinski definition) is 4. The summed E-state index contributed by atoms with van der Waals surface area (Å²) < 4.78 is 32.4. The first kappa shape index (κ1) is 19.0. The van der Waals surface area contributed by atoms with Gasteiger partial charge in [-0.2, -0.15) is 0 Å². The first-order chi connectivity index (χ1) is 12.6. The van der Waals surface area contributed by atoms with Crippen molar-refractivity contribution in [2.24, 2.45) is 0 Å². The first-order valence-corrected chi connectivity index (χ1v) is 9.17. The van der Waals surface area contributed by atoms with Crippen LogP contribution in [0.25, 0.3) is 0 Å². The molecule has 1 atom stereocenters. The van der Waals surface area contributed by atoms with E-state index in [4.69, 9.17) is 4.42 Å². The van der Waals surface area contributed by atoms with Crippen molar-refractivity contribution in [2.45, 2.75) is 38.9 Å². The van der Waals surface area contributed by atoms with E-state index in [1.165, 1.54) is 12.1 Å². The molecule has 1 unspecified atom stereocenters. The highest BCUT2D eigenvalue weighted by atomic mass is 19.2. The lowest BCUT2D eigenvalue weighted by Gasteiger charge is -2.41. The Morgan fingerprint density at radius 2 is 1.88 bits per heavy atom. The number of aliphatic hydroxyl groups is 1. The maximum atomic E-state index is 13.5. The number of rotatable bonds is 7. The fourth-order valence-electron chi connectivity index (χ4n) is 3.52. The van der Waals surface area contributed by atoms with E-state index in [1.807, 2.05) is 12.1 Å². The molecular weight excluding hydrogens is 338 g/mol. The van der Waals surface area contributed by atoms with Gasteiger partial charge in [0.25, 0.3) is 0 Å². The summed E-state index contributed by atoms with van der Waals surface area (Å²) >= 11 is 0. The molecule has 0 radical (unpaired) electrons. The van der Waals surface area contributed by atoms with Crippen LogP contribution in [-0.2, 0) is 19.5 Å². The maximum Gasteiger partial charge on any atom is 0.159 e. The second-order valence-corrected chi connectivity index (χ2v) is 6.84. The molecule has 4 nitrogen and oxygen atoms in total. The third-order valence-electron chi connectivity index (χ3n) is 4.97. The zero-order valence-electron chi connectivity index (χ0n) is 15.1. The Morgan fingerprint density at radius 1 is 1.08 bits per heavy atom. The number of furan rings is 1. The van der Waals surface area contributed by atoms with Gasteiger partial charge in [0, 0.05) is 45.2 Å². The molecule has 0 saturated carbocycles. The van der Waals surface area contributed by atoms with E-state index in [9.17, 15) is 13.9 Å². The Labute approximate surface area is 153 Å². The quantitative estimate of drug-likeness (QED) is 0.819. The molecule has 1 saturated heterocycles. The van der Waals surface area contributed by atoms with Gasteiger partial charge in [0.05, 0.1) is 6.54 Å². The molecule has 2 heterocycles. The van der Waals surface area contributed by atoms with Crippen molar-refractivity contribution in [2.75, 3.05) is 26.2 Å². The third kappa shape index (κ3) is 4.69. The molecule has 26 heavy (non-hydrogen) atoms. The number of nitrogens with zero attached hydrogens (tertiary/aromatic N) is 2. The van der Waals surface area contributed by atoms with Crippen LogP contribution in [0.15, 0.2) is 34.7 Å². The van der Waals surface area contributed by atoms with Crippen LogP contribution in [0.2, 0.25) is 0 Å². The van der Waals surface area contributed by atoms with Crippen LogP contribution in [0.5, 0.6) is 0 Å². The molecule has 1 aliphatic heterocycles. The highest BCUT2D eigenvalue weighted by molar-refractivity contribution is 5.18. The minimum Gasteiger partial charge on any atom is -0.465 e. The van der Waals surface area contributed by atoms with Crippen LogP contribution >= 0.6 is 0 Å². The van der Waals surface area contributed by atoms with E-state index >= 15 is 0 Å². The Morgan fingerprint density at radius 3 is 2.58 bits per heavy atom. The van der Waals surface area contributed by atoms with Gasteiger partial charge in [-0.25, -0.2) is 8.78 Å². The van der Waals surface area contributed by atoms with Crippen LogP contribution in [0.4, 0.5) is 8.78 Å². The summed E-state index contributed by atoms with van der Waals surface area (Å²) in [4.78, 5) is 4.55. The molecule has 1 aromatic carbocycles. The zero-order chi connectivity index (χ0) is 18.5. The highest BCUT2D eigenvalue weighted by Gasteiger charge is 2.27. The molecule has 1 aromatic heterocycles. The number of hydrogen-bond donors (Lipinski definition) is 1. The predicted molar refractivity (Wildman–Crippen MR) is 95.6 cm³/mol. The lowest BCUT2D eigenvalue weighted by Crippen LogP contribution is -2.52. The largest absolute Gasteiger partial charge is 0.465 e. The second kappa shape index (κ2) is 8.75. The van der Waals surface area contributed by atoms with E-state index in [0.29, 0.717) is 13.0 Å². The van der Waals surface area contributed by atoms with E-state index in [1.54, 1.807) is 6.07 Å². The van der Waals surface area contributed by atoms with Crippen LogP contribution < -0.4 is 0 Å². The number of piperazine rings is 1. The second-order valence-electron chi connectivity index (χ2n) is 6.84. The van der Waals surface area contributed by atoms with Crippen LogP contribution in [0, 0.1) is 11.6 Å². The standard InChI is InChI=1S/C20H26F2N2O2/c1-2-17-4-5-18(26-17)14-23-8-9-24(16(13-23)7-10-25)12-15-3-6-19(21)20(22)11-15/h3-6,11,16,25H,2,7-10,12-14H2,1H3. The first-order valence-electron chi connectivity index (χ1n) is 9.17. The van der Waals surface area contributed by atoms with Crippen molar-refractivity contribution < 1.29 is 18.3 Å². The minimum absolute atomic E-state index is 0.105. The monoisotopic (exact) mass is 364 g/mol. The van der Waals surface area contributed by atoms with Crippen molar-refractivity contribution in [3.05, 3.63) is 59.1 Å². The lowest BCUT2D eigenvalue weighted by atomic mass is 10.1. The average molecular weight is 364 g/mol. The Hall–Kier alpha value is -1.76. The SMILES string of the molecule is CCc1ccc(CN2CCN(Cc3ccc(F)c(F)c3)C(CCO)C2)o1. The zero-order valence-corrected chi connectivity index (χ0v) is 15.1. The van der Waals surface area contributed by atoms with Gasteiger partial charge in [0.15, 0.2) is 11.6 Å². The fourth-order valence-corrected chi connectivity index (χ4v) is 3.52. The number of halogens is 2. The third-order valence-corrected chi connectivity index (χ3v) is 4.97. The average Bonchev–Trinajstić information content (AvgIpc) is 3.08. The minimum atomic E-state index is -0.824. The summed E-state index contributed by atoms with van der Waals surface area (Å²) in [6.07, 6.45) is 1.54. The van der Waals surface area contributed by atoms with Crippen molar-refractivity contribution in [3.8, 4) is 0 Å². The molecular formula is C20H26F2N2O2. The summed E-state index contributed by atoms with van der Waals surface area (Å²) in [5.74, 6) is 0.308. The smallest absolute Gasteiger partial charge is 0.159 e. The van der Waals surface area contributed by atoms with Crippen LogP contribution in [0.1, 0.15) is 30.4 Å². The van der Waals surface area contributed by atoms with Crippen molar-refractivity contribution in [3.63, 3.8) is 0 Å². The van der Waals surface area contributed by atoms with Crippen molar-refractivity contribution in [1.82, 2.24) is 9.80 Å². The topological polar surface area (TPSA) is 39.9 Å². The van der Waals surface area contributed by atoms with Gasteiger partial charge in [-0.1, -0.05) is 13.0 Å². The van der Waals surface area contributed by atoms with Crippen LogP contribution in [-0.4, -0.2) is 47.2 Å². The summed E-state index contributed by atoms with van der Waals surface area (Å²) in [7, 11) is 0. The van der Waals surface area contributed by atoms with Gasteiger partial charge in [-0.3, -0.25) is 9.80 Å². The number of benzene rings is 1. The van der Waals surface area contributed by atoms with Gasteiger partial charge in [-0.15, -0.1) is 0 Å². The van der Waals surface area contributed by atoms with Gasteiger partial charge in [0.2, 0.25) is 0 Å². The van der Waals surface area contributed by atoms with Gasteiger partial charge < -0.3 is 9.52 Å². The Kier molecular flexibility index (Phi) is 6.40. The van der Waals surface area contributed by atoms with Crippen LogP contribution in [0.3, 0.4) is 0 Å². The van der Waals surface area contributed by atoms with E-state index < -0.39 is 11.6 Å². The lowest BCUT2D eigenvalue weighted by molar-refractivity contribution is 0.0466. The molecule has 1 fully saturated rings. The van der Waals surface area contributed by atoms with Crippen molar-refractivity contribution in [1.29, 1.82) is 0 Å². The molecule has 6 heteroatoms. The summed E-state index contributed by atoms with van der Waals surface area (Å²) in [6, 6.07) is 8.25. The van der Waals surface area contributed by atoms with Crippen molar-refractivity contribution >= 4 is 0 Å². The van der Waals surface area contributed by atoms with Gasteiger partial charge >= 0.3 is 0 Å². The fraction of sp³-hybridized carbons (Fsp3) is 0.500. The van der Waals surface area contributed by atoms with E-state index in [-0.39, 0.29) is 12.6 Å².